The molecule has 0 heterocycles. The Morgan fingerprint density at radius 2 is 1.69 bits per heavy atom. The van der Waals surface area contributed by atoms with Crippen molar-refractivity contribution >= 4 is 5.97 Å². The van der Waals surface area contributed by atoms with E-state index >= 15 is 0 Å². The standard InChI is InChI=1S/C12H18O4/c1-16-9(13)10-2-8-3-11(14,5-10)7-12(15,4-8)6-10/h8,14-15H,2-7H2,1H3. The van der Waals surface area contributed by atoms with Crippen LogP contribution in [0.5, 0.6) is 0 Å². The fourth-order valence-electron chi connectivity index (χ4n) is 4.78. The van der Waals surface area contributed by atoms with Crippen molar-refractivity contribution in [2.45, 2.75) is 49.7 Å². The maximum absolute atomic E-state index is 11.9. The summed E-state index contributed by atoms with van der Waals surface area (Å²) in [6, 6.07) is 0. The molecule has 4 bridgehead atoms. The normalized spacial score (nSPS) is 54.1. The monoisotopic (exact) mass is 226 g/mol. The second-order valence-corrected chi connectivity index (χ2v) is 6.23. The van der Waals surface area contributed by atoms with E-state index in [1.165, 1.54) is 7.11 Å². The van der Waals surface area contributed by atoms with E-state index in [1.54, 1.807) is 0 Å². The molecule has 0 radical (unpaired) electrons. The number of ether oxygens (including phenoxy) is 1. The van der Waals surface area contributed by atoms with Gasteiger partial charge in [0.15, 0.2) is 0 Å². The molecule has 4 heteroatoms. The number of carbonyl (C=O) groups excluding carboxylic acids is 1. The topological polar surface area (TPSA) is 66.8 Å². The van der Waals surface area contributed by atoms with Gasteiger partial charge in [-0.25, -0.2) is 0 Å². The Morgan fingerprint density at radius 3 is 2.12 bits per heavy atom. The fourth-order valence-corrected chi connectivity index (χ4v) is 4.78. The molecule has 2 atom stereocenters. The Balaban J connectivity index is 2.01. The second kappa shape index (κ2) is 2.79. The summed E-state index contributed by atoms with van der Waals surface area (Å²) >= 11 is 0. The Labute approximate surface area is 94.6 Å². The van der Waals surface area contributed by atoms with Crippen LogP contribution in [0.2, 0.25) is 0 Å². The molecule has 2 unspecified atom stereocenters. The lowest BCUT2D eigenvalue weighted by molar-refractivity contribution is -0.236. The molecule has 16 heavy (non-hydrogen) atoms. The third-order valence-electron chi connectivity index (χ3n) is 4.63. The van der Waals surface area contributed by atoms with Gasteiger partial charge >= 0.3 is 5.97 Å². The highest BCUT2D eigenvalue weighted by Gasteiger charge is 2.65. The van der Waals surface area contributed by atoms with Crippen LogP contribution >= 0.6 is 0 Å². The molecule has 0 aromatic carbocycles. The predicted octanol–water partition coefficient (Wildman–Crippen LogP) is 0.606. The Hall–Kier alpha value is -0.610. The summed E-state index contributed by atoms with van der Waals surface area (Å²) in [7, 11) is 1.38. The minimum Gasteiger partial charge on any atom is -0.469 e. The Bertz CT molecular complexity index is 333. The lowest BCUT2D eigenvalue weighted by Crippen LogP contribution is -2.65. The maximum Gasteiger partial charge on any atom is 0.312 e. The zero-order valence-electron chi connectivity index (χ0n) is 9.53. The molecular formula is C12H18O4. The van der Waals surface area contributed by atoms with Gasteiger partial charge in [-0.05, 0) is 38.0 Å². The van der Waals surface area contributed by atoms with Crippen LogP contribution in [-0.4, -0.2) is 34.5 Å². The van der Waals surface area contributed by atoms with Gasteiger partial charge in [-0.3, -0.25) is 4.79 Å². The van der Waals surface area contributed by atoms with E-state index in [0.717, 1.165) is 19.3 Å². The van der Waals surface area contributed by atoms with Crippen LogP contribution in [0, 0.1) is 11.3 Å². The Morgan fingerprint density at radius 1 is 1.12 bits per heavy atom. The first-order valence-corrected chi connectivity index (χ1v) is 5.92. The molecular weight excluding hydrogens is 208 g/mol. The minimum absolute atomic E-state index is 0.256. The van der Waals surface area contributed by atoms with Gasteiger partial charge in [0.1, 0.15) is 0 Å². The van der Waals surface area contributed by atoms with Crippen LogP contribution in [0.1, 0.15) is 38.5 Å². The van der Waals surface area contributed by atoms with Crippen LogP contribution in [0.4, 0.5) is 0 Å². The molecule has 0 spiro atoms. The molecule has 0 aromatic heterocycles. The highest BCUT2D eigenvalue weighted by Crippen LogP contribution is 2.63. The number of hydrogen-bond acceptors (Lipinski definition) is 4. The van der Waals surface area contributed by atoms with Crippen molar-refractivity contribution in [3.63, 3.8) is 0 Å². The van der Waals surface area contributed by atoms with E-state index in [9.17, 15) is 15.0 Å². The van der Waals surface area contributed by atoms with Crippen molar-refractivity contribution in [2.24, 2.45) is 11.3 Å². The fraction of sp³-hybridized carbons (Fsp3) is 0.917. The average molecular weight is 226 g/mol. The maximum atomic E-state index is 11.9. The highest BCUT2D eigenvalue weighted by molar-refractivity contribution is 5.78. The molecule has 0 aliphatic heterocycles. The van der Waals surface area contributed by atoms with Crippen LogP contribution in [0.25, 0.3) is 0 Å². The van der Waals surface area contributed by atoms with Crippen molar-refractivity contribution < 1.29 is 19.7 Å². The van der Waals surface area contributed by atoms with Crippen molar-refractivity contribution in [3.05, 3.63) is 0 Å². The van der Waals surface area contributed by atoms with E-state index in [-0.39, 0.29) is 11.9 Å². The molecule has 90 valence electrons. The first kappa shape index (κ1) is 10.5. The summed E-state index contributed by atoms with van der Waals surface area (Å²) in [5, 5.41) is 20.8. The molecule has 0 saturated heterocycles. The SMILES string of the molecule is COC(=O)C12CC3CC(O)(CC(O)(C3)C1)C2. The number of esters is 1. The number of rotatable bonds is 1. The van der Waals surface area contributed by atoms with Crippen LogP contribution < -0.4 is 0 Å². The van der Waals surface area contributed by atoms with Gasteiger partial charge in [-0.2, -0.15) is 0 Å². The minimum atomic E-state index is -0.845. The van der Waals surface area contributed by atoms with Gasteiger partial charge in [-0.1, -0.05) is 0 Å². The number of methoxy groups -OCH3 is 1. The first-order chi connectivity index (χ1) is 7.39. The van der Waals surface area contributed by atoms with Gasteiger partial charge in [0.25, 0.3) is 0 Å². The molecule has 2 N–H and O–H groups in total. The summed E-state index contributed by atoms with van der Waals surface area (Å²) in [5.74, 6) is 0.0128. The zero-order valence-corrected chi connectivity index (χ0v) is 9.53. The third kappa shape index (κ3) is 1.26. The molecule has 0 aromatic rings. The summed E-state index contributed by atoms with van der Waals surface area (Å²) in [6.45, 7) is 0. The first-order valence-electron chi connectivity index (χ1n) is 5.92. The van der Waals surface area contributed by atoms with Crippen molar-refractivity contribution in [3.8, 4) is 0 Å². The van der Waals surface area contributed by atoms with E-state index in [4.69, 9.17) is 4.74 Å². The van der Waals surface area contributed by atoms with Gasteiger partial charge in [0.05, 0.1) is 23.7 Å². The molecule has 0 amide bonds. The Kier molecular flexibility index (Phi) is 1.84. The number of hydrogen-bond donors (Lipinski definition) is 2. The molecule has 4 rings (SSSR count). The van der Waals surface area contributed by atoms with E-state index in [2.05, 4.69) is 0 Å². The highest BCUT2D eigenvalue weighted by atomic mass is 16.5. The van der Waals surface area contributed by atoms with E-state index in [1.807, 2.05) is 0 Å². The molecule has 4 aliphatic carbocycles. The molecule has 4 aliphatic rings. The van der Waals surface area contributed by atoms with Gasteiger partial charge < -0.3 is 14.9 Å². The van der Waals surface area contributed by atoms with Crippen LogP contribution in [-0.2, 0) is 9.53 Å². The third-order valence-corrected chi connectivity index (χ3v) is 4.63. The lowest BCUT2D eigenvalue weighted by atomic mass is 9.46. The van der Waals surface area contributed by atoms with Gasteiger partial charge in [0, 0.05) is 6.42 Å². The van der Waals surface area contributed by atoms with Gasteiger partial charge in [0.2, 0.25) is 0 Å². The van der Waals surface area contributed by atoms with Crippen LogP contribution in [0.15, 0.2) is 0 Å². The lowest BCUT2D eigenvalue weighted by Gasteiger charge is -2.61. The molecule has 4 nitrogen and oxygen atoms in total. The number of carbonyl (C=O) groups is 1. The summed E-state index contributed by atoms with van der Waals surface area (Å²) in [4.78, 5) is 11.9. The largest absolute Gasteiger partial charge is 0.469 e. The zero-order chi connectivity index (χ0) is 11.6. The average Bonchev–Trinajstić information content (AvgIpc) is 2.10. The smallest absolute Gasteiger partial charge is 0.312 e. The second-order valence-electron chi connectivity index (χ2n) is 6.23. The van der Waals surface area contributed by atoms with E-state index in [0.29, 0.717) is 19.3 Å². The predicted molar refractivity (Wildman–Crippen MR) is 55.5 cm³/mol. The van der Waals surface area contributed by atoms with Crippen LogP contribution in [0.3, 0.4) is 0 Å². The molecule has 4 fully saturated rings. The molecule has 4 saturated carbocycles. The summed E-state index contributed by atoms with van der Waals surface area (Å²) < 4.78 is 4.86. The van der Waals surface area contributed by atoms with Crippen molar-refractivity contribution in [1.29, 1.82) is 0 Å². The quantitative estimate of drug-likeness (QED) is 0.643. The van der Waals surface area contributed by atoms with Crippen molar-refractivity contribution in [2.75, 3.05) is 7.11 Å². The number of aliphatic hydroxyl groups is 2. The summed E-state index contributed by atoms with van der Waals surface area (Å²) in [5.41, 5.74) is -2.32. The van der Waals surface area contributed by atoms with Gasteiger partial charge in [-0.15, -0.1) is 0 Å². The summed E-state index contributed by atoms with van der Waals surface area (Å²) in [6.07, 6.45) is 3.58. The van der Waals surface area contributed by atoms with Crippen molar-refractivity contribution in [1.82, 2.24) is 0 Å². The van der Waals surface area contributed by atoms with E-state index < -0.39 is 16.6 Å².